The lowest BCUT2D eigenvalue weighted by Gasteiger charge is -2.27. The quantitative estimate of drug-likeness (QED) is 0.846. The second kappa shape index (κ2) is 5.01. The molecule has 22 heavy (non-hydrogen) atoms. The third-order valence-corrected chi connectivity index (χ3v) is 3.42. The number of hydrogen-bond acceptors (Lipinski definition) is 4. The number of nitrogens with one attached hydrogen (secondary N) is 2. The average molecular weight is 302 g/mol. The summed E-state index contributed by atoms with van der Waals surface area (Å²) >= 11 is 0. The van der Waals surface area contributed by atoms with E-state index in [0.717, 1.165) is 5.56 Å². The first kappa shape index (κ1) is 14.4. The van der Waals surface area contributed by atoms with Gasteiger partial charge in [-0.15, -0.1) is 0 Å². The third kappa shape index (κ3) is 2.49. The second-order valence-electron chi connectivity index (χ2n) is 6.22. The first-order valence-electron chi connectivity index (χ1n) is 7.09. The van der Waals surface area contributed by atoms with Crippen LogP contribution in [0, 0.1) is 0 Å². The van der Waals surface area contributed by atoms with Crippen LogP contribution in [-0.2, 0) is 4.74 Å². The number of amides is 1. The molecule has 0 bridgehead atoms. The van der Waals surface area contributed by atoms with Crippen molar-refractivity contribution in [2.45, 2.75) is 38.8 Å². The van der Waals surface area contributed by atoms with Crippen molar-refractivity contribution in [2.24, 2.45) is 0 Å². The molecule has 0 aliphatic carbocycles. The van der Waals surface area contributed by atoms with Gasteiger partial charge in [0.15, 0.2) is 0 Å². The minimum atomic E-state index is -0.562. The summed E-state index contributed by atoms with van der Waals surface area (Å²) in [5.74, 6) is 0. The Bertz CT molecular complexity index is 797. The molecule has 7 nitrogen and oxygen atoms in total. The topological polar surface area (TPSA) is 91.1 Å². The molecule has 116 valence electrons. The molecule has 0 fully saturated rings. The highest BCUT2D eigenvalue weighted by atomic mass is 16.6. The van der Waals surface area contributed by atoms with Gasteiger partial charge in [0.1, 0.15) is 16.6 Å². The van der Waals surface area contributed by atoms with Crippen LogP contribution < -0.4 is 5.56 Å². The molecule has 1 atom stereocenters. The molecular weight excluding hydrogens is 284 g/mol. The zero-order valence-electron chi connectivity index (χ0n) is 12.7. The predicted molar refractivity (Wildman–Crippen MR) is 81.3 cm³/mol. The van der Waals surface area contributed by atoms with Crippen LogP contribution in [0.4, 0.5) is 4.79 Å². The van der Waals surface area contributed by atoms with Crippen molar-refractivity contribution in [2.75, 3.05) is 0 Å². The van der Waals surface area contributed by atoms with Gasteiger partial charge in [-0.1, -0.05) is 6.08 Å². The molecule has 3 heterocycles. The molecule has 0 aromatic carbocycles. The van der Waals surface area contributed by atoms with Gasteiger partial charge in [0.2, 0.25) is 0 Å². The maximum Gasteiger partial charge on any atom is 0.414 e. The summed E-state index contributed by atoms with van der Waals surface area (Å²) in [6.45, 7) is 5.48. The standard InChI is InChI=1S/C15H18N4O3/c1-15(2,3)22-14(21)19-6-4-5-10(19)9-7-16-12-11(9)17-8-18-13(12)20/h4,6-8,10,16H,5H2,1-3H3,(H,17,18,20)/t10-/m0/s1. The third-order valence-electron chi connectivity index (χ3n) is 3.42. The zero-order chi connectivity index (χ0) is 15.9. The van der Waals surface area contributed by atoms with E-state index in [0.29, 0.717) is 17.5 Å². The average Bonchev–Trinajstić information content (AvgIpc) is 3.02. The van der Waals surface area contributed by atoms with Crippen molar-refractivity contribution in [3.05, 3.63) is 40.7 Å². The molecule has 0 saturated carbocycles. The summed E-state index contributed by atoms with van der Waals surface area (Å²) < 4.78 is 5.42. The minimum Gasteiger partial charge on any atom is -0.443 e. The smallest absolute Gasteiger partial charge is 0.414 e. The van der Waals surface area contributed by atoms with Crippen LogP contribution in [0.1, 0.15) is 38.8 Å². The fraction of sp³-hybridized carbons (Fsp3) is 0.400. The van der Waals surface area contributed by atoms with Gasteiger partial charge in [0.25, 0.3) is 5.56 Å². The van der Waals surface area contributed by atoms with Gasteiger partial charge in [-0.05, 0) is 27.2 Å². The van der Waals surface area contributed by atoms with Crippen LogP contribution >= 0.6 is 0 Å². The molecule has 1 aliphatic rings. The Kier molecular flexibility index (Phi) is 3.27. The van der Waals surface area contributed by atoms with E-state index in [9.17, 15) is 9.59 Å². The Hall–Kier alpha value is -2.57. The molecule has 2 aromatic rings. The van der Waals surface area contributed by atoms with Crippen molar-refractivity contribution in [1.82, 2.24) is 19.9 Å². The Balaban J connectivity index is 1.95. The van der Waals surface area contributed by atoms with Gasteiger partial charge in [0.05, 0.1) is 12.4 Å². The van der Waals surface area contributed by atoms with Gasteiger partial charge in [-0.3, -0.25) is 9.69 Å². The number of aromatic nitrogens is 3. The van der Waals surface area contributed by atoms with Crippen LogP contribution in [0.25, 0.3) is 11.0 Å². The van der Waals surface area contributed by atoms with Gasteiger partial charge in [-0.2, -0.15) is 0 Å². The van der Waals surface area contributed by atoms with E-state index in [1.165, 1.54) is 11.2 Å². The van der Waals surface area contributed by atoms with Crippen molar-refractivity contribution in [3.63, 3.8) is 0 Å². The van der Waals surface area contributed by atoms with Crippen molar-refractivity contribution < 1.29 is 9.53 Å². The largest absolute Gasteiger partial charge is 0.443 e. The molecule has 0 radical (unpaired) electrons. The summed E-state index contributed by atoms with van der Waals surface area (Å²) in [4.78, 5) is 35.3. The molecule has 2 aromatic heterocycles. The van der Waals surface area contributed by atoms with Gasteiger partial charge in [0, 0.05) is 18.0 Å². The maximum atomic E-state index is 12.3. The van der Waals surface area contributed by atoms with Gasteiger partial charge >= 0.3 is 6.09 Å². The summed E-state index contributed by atoms with van der Waals surface area (Å²) in [6, 6.07) is -0.224. The molecule has 3 rings (SSSR count). The number of rotatable bonds is 1. The molecule has 0 saturated heterocycles. The summed E-state index contributed by atoms with van der Waals surface area (Å²) in [5, 5.41) is 0. The van der Waals surface area contributed by atoms with Crippen LogP contribution in [0.3, 0.4) is 0 Å². The number of fused-ring (bicyclic) bond motifs is 1. The first-order chi connectivity index (χ1) is 10.4. The Labute approximate surface area is 127 Å². The van der Waals surface area contributed by atoms with Crippen LogP contribution in [0.5, 0.6) is 0 Å². The van der Waals surface area contributed by atoms with E-state index in [-0.39, 0.29) is 11.6 Å². The lowest BCUT2D eigenvalue weighted by Crippen LogP contribution is -2.34. The molecule has 7 heteroatoms. The van der Waals surface area contributed by atoms with E-state index in [4.69, 9.17) is 4.74 Å². The highest BCUT2D eigenvalue weighted by Gasteiger charge is 2.32. The molecule has 0 spiro atoms. The SMILES string of the molecule is CC(C)(C)OC(=O)N1C=CC[C@H]1c1c[nH]c2c(=O)[nH]cnc12. The molecule has 0 unspecified atom stereocenters. The Morgan fingerprint density at radius 1 is 1.41 bits per heavy atom. The molecule has 2 N–H and O–H groups in total. The summed E-state index contributed by atoms with van der Waals surface area (Å²) in [7, 11) is 0. The minimum absolute atomic E-state index is 0.224. The van der Waals surface area contributed by atoms with E-state index in [1.807, 2.05) is 26.8 Å². The fourth-order valence-corrected chi connectivity index (χ4v) is 2.53. The van der Waals surface area contributed by atoms with Gasteiger partial charge < -0.3 is 14.7 Å². The highest BCUT2D eigenvalue weighted by Crippen LogP contribution is 2.34. The number of aromatic amines is 2. The second-order valence-corrected chi connectivity index (χ2v) is 6.22. The number of carbonyl (C=O) groups is 1. The first-order valence-corrected chi connectivity index (χ1v) is 7.09. The van der Waals surface area contributed by atoms with E-state index < -0.39 is 11.7 Å². The Morgan fingerprint density at radius 2 is 2.18 bits per heavy atom. The normalized spacial score (nSPS) is 18.1. The van der Waals surface area contributed by atoms with E-state index in [1.54, 1.807) is 12.4 Å². The van der Waals surface area contributed by atoms with Crippen LogP contribution in [0.15, 0.2) is 29.6 Å². The maximum absolute atomic E-state index is 12.3. The zero-order valence-corrected chi connectivity index (χ0v) is 12.7. The van der Waals surface area contributed by atoms with Crippen LogP contribution in [0.2, 0.25) is 0 Å². The Morgan fingerprint density at radius 3 is 2.91 bits per heavy atom. The summed E-state index contributed by atoms with van der Waals surface area (Å²) in [6.07, 6.45) is 6.95. The van der Waals surface area contributed by atoms with Crippen molar-refractivity contribution >= 4 is 17.1 Å². The van der Waals surface area contributed by atoms with E-state index in [2.05, 4.69) is 15.0 Å². The van der Waals surface area contributed by atoms with Crippen molar-refractivity contribution in [3.8, 4) is 0 Å². The molecule has 1 aliphatic heterocycles. The van der Waals surface area contributed by atoms with Gasteiger partial charge in [-0.25, -0.2) is 9.78 Å². The lowest BCUT2D eigenvalue weighted by atomic mass is 10.1. The van der Waals surface area contributed by atoms with Crippen LogP contribution in [-0.4, -0.2) is 31.5 Å². The monoisotopic (exact) mass is 302 g/mol. The lowest BCUT2D eigenvalue weighted by molar-refractivity contribution is 0.0287. The number of H-pyrrole nitrogens is 2. The number of ether oxygens (including phenoxy) is 1. The number of carbonyl (C=O) groups excluding carboxylic acids is 1. The molecule has 1 amide bonds. The number of hydrogen-bond donors (Lipinski definition) is 2. The predicted octanol–water partition coefficient (Wildman–Crippen LogP) is 2.45. The molecular formula is C15H18N4O3. The fourth-order valence-electron chi connectivity index (χ4n) is 2.53. The van der Waals surface area contributed by atoms with E-state index >= 15 is 0 Å². The number of nitrogens with zero attached hydrogens (tertiary/aromatic N) is 2. The summed E-state index contributed by atoms with van der Waals surface area (Å²) in [5.41, 5.74) is 0.996. The highest BCUT2D eigenvalue weighted by molar-refractivity contribution is 5.80. The van der Waals surface area contributed by atoms with Crippen molar-refractivity contribution in [1.29, 1.82) is 0 Å².